The molecule has 0 radical (unpaired) electrons. The number of phenolic OH excluding ortho intramolecular Hbond substituents is 1. The molecule has 2 aliphatic heterocycles. The van der Waals surface area contributed by atoms with Gasteiger partial charge < -0.3 is 24.4 Å². The van der Waals surface area contributed by atoms with E-state index in [-0.39, 0.29) is 0 Å². The van der Waals surface area contributed by atoms with Gasteiger partial charge in [-0.2, -0.15) is 0 Å². The molecule has 120 valence electrons. The highest BCUT2D eigenvalue weighted by atomic mass is 16.7. The van der Waals surface area contributed by atoms with Crippen molar-refractivity contribution < 1.29 is 19.5 Å². The van der Waals surface area contributed by atoms with Crippen molar-refractivity contribution in [2.24, 2.45) is 0 Å². The first-order chi connectivity index (χ1) is 11.3. The lowest BCUT2D eigenvalue weighted by Gasteiger charge is -2.34. The summed E-state index contributed by atoms with van der Waals surface area (Å²) in [5.41, 5.74) is 2.22. The first kappa shape index (κ1) is 14.2. The third kappa shape index (κ3) is 2.92. The van der Waals surface area contributed by atoms with Gasteiger partial charge in [0, 0.05) is 5.56 Å². The second-order valence-electron chi connectivity index (χ2n) is 6.09. The highest BCUT2D eigenvalue weighted by Crippen LogP contribution is 2.32. The molecule has 0 saturated carbocycles. The van der Waals surface area contributed by atoms with Crippen LogP contribution in [0.15, 0.2) is 42.5 Å². The largest absolute Gasteiger partial charge is 0.506 e. The fraction of sp³-hybridized carbons (Fsp3) is 0.333. The molecule has 0 spiro atoms. The van der Waals surface area contributed by atoms with Crippen molar-refractivity contribution in [1.82, 2.24) is 0 Å². The van der Waals surface area contributed by atoms with Crippen molar-refractivity contribution in [3.05, 3.63) is 48.0 Å². The van der Waals surface area contributed by atoms with Crippen LogP contribution in [-0.4, -0.2) is 38.1 Å². The van der Waals surface area contributed by atoms with Crippen molar-refractivity contribution >= 4 is 5.69 Å². The Morgan fingerprint density at radius 1 is 1.00 bits per heavy atom. The zero-order chi connectivity index (χ0) is 15.6. The lowest BCUT2D eigenvalue weighted by molar-refractivity contribution is -0.914. The minimum absolute atomic E-state index is 0.324. The van der Waals surface area contributed by atoms with Crippen molar-refractivity contribution in [2.45, 2.75) is 6.54 Å². The Morgan fingerprint density at radius 2 is 1.78 bits per heavy atom. The fourth-order valence-electron chi connectivity index (χ4n) is 3.31. The molecule has 2 aromatic carbocycles. The van der Waals surface area contributed by atoms with E-state index < -0.39 is 0 Å². The second kappa shape index (κ2) is 6.01. The summed E-state index contributed by atoms with van der Waals surface area (Å²) in [5, 5.41) is 9.98. The molecule has 0 atom stereocenters. The maximum atomic E-state index is 9.98. The molecule has 1 saturated heterocycles. The van der Waals surface area contributed by atoms with Gasteiger partial charge in [0.25, 0.3) is 0 Å². The Hall–Kier alpha value is -2.40. The number of hydrogen-bond acceptors (Lipinski definition) is 4. The van der Waals surface area contributed by atoms with Gasteiger partial charge in [0.1, 0.15) is 12.3 Å². The van der Waals surface area contributed by atoms with E-state index in [9.17, 15) is 5.11 Å². The van der Waals surface area contributed by atoms with E-state index in [0.717, 1.165) is 49.9 Å². The topological polar surface area (TPSA) is 46.4 Å². The molecule has 0 aliphatic carbocycles. The zero-order valence-corrected chi connectivity index (χ0v) is 13.0. The Morgan fingerprint density at radius 3 is 2.61 bits per heavy atom. The molecule has 0 aromatic heterocycles. The van der Waals surface area contributed by atoms with E-state index in [1.165, 1.54) is 5.56 Å². The van der Waals surface area contributed by atoms with E-state index in [2.05, 4.69) is 17.0 Å². The van der Waals surface area contributed by atoms with Crippen molar-refractivity contribution in [3.63, 3.8) is 0 Å². The van der Waals surface area contributed by atoms with Gasteiger partial charge in [0.05, 0.1) is 31.9 Å². The predicted molar refractivity (Wildman–Crippen MR) is 87.3 cm³/mol. The number of nitrogens with one attached hydrogen (secondary N) is 1. The summed E-state index contributed by atoms with van der Waals surface area (Å²) in [6, 6.07) is 13.8. The van der Waals surface area contributed by atoms with Gasteiger partial charge in [0.15, 0.2) is 11.5 Å². The monoisotopic (exact) mass is 313 g/mol. The normalized spacial score (nSPS) is 17.5. The molecule has 5 heteroatoms. The first-order valence-corrected chi connectivity index (χ1v) is 8.04. The van der Waals surface area contributed by atoms with Gasteiger partial charge >= 0.3 is 0 Å². The first-order valence-electron chi connectivity index (χ1n) is 8.04. The van der Waals surface area contributed by atoms with Crippen molar-refractivity contribution in [3.8, 4) is 17.2 Å². The SMILES string of the molecule is Oc1ccccc1N1CC[NH+](Cc2ccc3c(c2)OCO3)CC1. The molecular formula is C18H21N2O3+. The second-order valence-corrected chi connectivity index (χ2v) is 6.09. The number of quaternary nitrogens is 1. The van der Waals surface area contributed by atoms with E-state index in [0.29, 0.717) is 12.5 Å². The van der Waals surface area contributed by atoms with E-state index >= 15 is 0 Å². The van der Waals surface area contributed by atoms with E-state index in [1.807, 2.05) is 24.3 Å². The molecule has 2 N–H and O–H groups in total. The van der Waals surface area contributed by atoms with Crippen LogP contribution in [0.2, 0.25) is 0 Å². The van der Waals surface area contributed by atoms with Crippen LogP contribution in [0.5, 0.6) is 17.2 Å². The molecular weight excluding hydrogens is 292 g/mol. The number of para-hydroxylation sites is 2. The third-order valence-corrected chi connectivity index (χ3v) is 4.58. The molecule has 5 nitrogen and oxygen atoms in total. The number of nitrogens with zero attached hydrogens (tertiary/aromatic N) is 1. The number of hydrogen-bond donors (Lipinski definition) is 2. The average Bonchev–Trinajstić information content (AvgIpc) is 3.04. The number of benzene rings is 2. The van der Waals surface area contributed by atoms with Crippen LogP contribution in [0.25, 0.3) is 0 Å². The summed E-state index contributed by atoms with van der Waals surface area (Å²) in [6.45, 7) is 5.34. The van der Waals surface area contributed by atoms with E-state index in [1.54, 1.807) is 11.0 Å². The Kier molecular flexibility index (Phi) is 3.71. The Labute approximate surface area is 135 Å². The van der Waals surface area contributed by atoms with Gasteiger partial charge in [0.2, 0.25) is 6.79 Å². The number of ether oxygens (including phenoxy) is 2. The molecule has 2 heterocycles. The van der Waals surface area contributed by atoms with Crippen LogP contribution in [0.3, 0.4) is 0 Å². The van der Waals surface area contributed by atoms with Crippen LogP contribution < -0.4 is 19.3 Å². The summed E-state index contributed by atoms with van der Waals surface area (Å²) in [6.07, 6.45) is 0. The van der Waals surface area contributed by atoms with Crippen LogP contribution >= 0.6 is 0 Å². The van der Waals surface area contributed by atoms with Gasteiger partial charge in [-0.1, -0.05) is 12.1 Å². The zero-order valence-electron chi connectivity index (χ0n) is 13.0. The summed E-state index contributed by atoms with van der Waals surface area (Å²) in [5.74, 6) is 2.06. The minimum Gasteiger partial charge on any atom is -0.506 e. The molecule has 2 aromatic rings. The third-order valence-electron chi connectivity index (χ3n) is 4.58. The number of rotatable bonds is 3. The van der Waals surface area contributed by atoms with Crippen LogP contribution in [0, 0.1) is 0 Å². The van der Waals surface area contributed by atoms with Crippen LogP contribution in [-0.2, 0) is 6.54 Å². The van der Waals surface area contributed by atoms with Crippen molar-refractivity contribution in [2.75, 3.05) is 37.9 Å². The highest BCUT2D eigenvalue weighted by molar-refractivity contribution is 5.57. The van der Waals surface area contributed by atoms with Crippen LogP contribution in [0.1, 0.15) is 5.56 Å². The Bertz CT molecular complexity index is 696. The molecule has 0 amide bonds. The van der Waals surface area contributed by atoms with Gasteiger partial charge in [-0.05, 0) is 30.3 Å². The van der Waals surface area contributed by atoms with Gasteiger partial charge in [-0.15, -0.1) is 0 Å². The molecule has 0 unspecified atom stereocenters. The van der Waals surface area contributed by atoms with Gasteiger partial charge in [-0.25, -0.2) is 0 Å². The molecule has 2 aliphatic rings. The summed E-state index contributed by atoms with van der Waals surface area (Å²) >= 11 is 0. The van der Waals surface area contributed by atoms with Crippen LogP contribution in [0.4, 0.5) is 5.69 Å². The lowest BCUT2D eigenvalue weighted by Crippen LogP contribution is -3.13. The van der Waals surface area contributed by atoms with E-state index in [4.69, 9.17) is 9.47 Å². The molecule has 0 bridgehead atoms. The van der Waals surface area contributed by atoms with Crippen molar-refractivity contribution in [1.29, 1.82) is 0 Å². The number of anilines is 1. The number of phenols is 1. The molecule has 1 fully saturated rings. The number of aromatic hydroxyl groups is 1. The Balaban J connectivity index is 1.37. The minimum atomic E-state index is 0.324. The average molecular weight is 313 g/mol. The number of piperazine rings is 1. The maximum Gasteiger partial charge on any atom is 0.231 e. The quantitative estimate of drug-likeness (QED) is 0.888. The number of fused-ring (bicyclic) bond motifs is 1. The lowest BCUT2D eigenvalue weighted by atomic mass is 10.1. The maximum absolute atomic E-state index is 9.98. The summed E-state index contributed by atoms with van der Waals surface area (Å²) < 4.78 is 10.8. The molecule has 23 heavy (non-hydrogen) atoms. The fourth-order valence-corrected chi connectivity index (χ4v) is 3.31. The molecule has 4 rings (SSSR count). The summed E-state index contributed by atoms with van der Waals surface area (Å²) in [7, 11) is 0. The standard InChI is InChI=1S/C18H20N2O3/c21-16-4-2-1-3-15(16)20-9-7-19(8-10-20)12-14-5-6-17-18(11-14)23-13-22-17/h1-6,11,21H,7-10,12-13H2/p+1. The highest BCUT2D eigenvalue weighted by Gasteiger charge is 2.22. The predicted octanol–water partition coefficient (Wildman–Crippen LogP) is 1.03. The smallest absolute Gasteiger partial charge is 0.231 e. The summed E-state index contributed by atoms with van der Waals surface area (Å²) in [4.78, 5) is 3.81. The van der Waals surface area contributed by atoms with Gasteiger partial charge in [-0.3, -0.25) is 0 Å².